The van der Waals surface area contributed by atoms with Crippen LogP contribution >= 0.6 is 0 Å². The second-order valence-electron chi connectivity index (χ2n) is 5.38. The van der Waals surface area contributed by atoms with E-state index in [4.69, 9.17) is 15.1 Å². The Kier molecular flexibility index (Phi) is 8.37. The number of amides is 1. The summed E-state index contributed by atoms with van der Waals surface area (Å²) in [6.45, 7) is 3.57. The maximum atomic E-state index is 12.1. The molecule has 0 radical (unpaired) electrons. The molecule has 1 atom stereocenters. The van der Waals surface area contributed by atoms with Gasteiger partial charge in [0.2, 0.25) is 0 Å². The van der Waals surface area contributed by atoms with Crippen LogP contribution in [0.3, 0.4) is 0 Å². The average molecular weight is 359 g/mol. The number of carbonyl (C=O) groups is 3. The maximum absolute atomic E-state index is 12.1. The van der Waals surface area contributed by atoms with Crippen molar-refractivity contribution < 1.29 is 24.2 Å². The lowest BCUT2D eigenvalue weighted by atomic mass is 10.1. The van der Waals surface area contributed by atoms with Crippen LogP contribution in [-0.4, -0.2) is 35.6 Å². The van der Waals surface area contributed by atoms with Crippen LogP contribution in [0.2, 0.25) is 0 Å². The summed E-state index contributed by atoms with van der Waals surface area (Å²) in [5, 5.41) is 22.8. The molecule has 1 aromatic carbocycles. The van der Waals surface area contributed by atoms with Crippen molar-refractivity contribution in [3.05, 3.63) is 41.6 Å². The number of nitrogens with zero attached hydrogens (tertiary/aromatic N) is 1. The molecule has 1 amide bonds. The molecule has 0 saturated carbocycles. The van der Waals surface area contributed by atoms with Crippen molar-refractivity contribution >= 4 is 23.5 Å². The van der Waals surface area contributed by atoms with Crippen LogP contribution in [0, 0.1) is 11.3 Å². The number of nitrogens with one attached hydrogen (secondary N) is 2. The molecule has 26 heavy (non-hydrogen) atoms. The molecule has 0 heterocycles. The Morgan fingerprint density at radius 3 is 2.65 bits per heavy atom. The van der Waals surface area contributed by atoms with Crippen LogP contribution < -0.4 is 10.6 Å². The molecule has 0 saturated heterocycles. The highest BCUT2D eigenvalue weighted by Gasteiger charge is 2.17. The summed E-state index contributed by atoms with van der Waals surface area (Å²) in [7, 11) is 0. The molecule has 138 valence electrons. The van der Waals surface area contributed by atoms with E-state index < -0.39 is 23.9 Å². The van der Waals surface area contributed by atoms with Gasteiger partial charge in [0.15, 0.2) is 0 Å². The number of benzene rings is 1. The van der Waals surface area contributed by atoms with Crippen molar-refractivity contribution in [2.45, 2.75) is 32.7 Å². The number of carboxylic acid groups (broad SMARTS) is 1. The number of unbranched alkanes of at least 4 members (excludes halogenated alkanes) is 1. The minimum Gasteiger partial charge on any atom is -0.480 e. The van der Waals surface area contributed by atoms with Crippen LogP contribution in [0.4, 0.5) is 5.69 Å². The molecule has 1 rings (SSSR count). The molecule has 0 fully saturated rings. The first-order valence-electron chi connectivity index (χ1n) is 8.07. The first kappa shape index (κ1) is 20.7. The molecule has 0 aromatic heterocycles. The first-order chi connectivity index (χ1) is 12.4. The molecule has 0 aliphatic carbocycles. The van der Waals surface area contributed by atoms with E-state index in [1.54, 1.807) is 30.3 Å². The lowest BCUT2D eigenvalue weighted by Gasteiger charge is -2.11. The minimum atomic E-state index is -1.22. The number of nitriles is 1. The van der Waals surface area contributed by atoms with Crippen molar-refractivity contribution in [3.63, 3.8) is 0 Å². The third-order valence-electron chi connectivity index (χ3n) is 3.33. The Labute approximate surface area is 151 Å². The number of carbonyl (C=O) groups excluding carboxylic acids is 2. The van der Waals surface area contributed by atoms with Crippen molar-refractivity contribution in [1.82, 2.24) is 5.32 Å². The van der Waals surface area contributed by atoms with Crippen LogP contribution in [0.5, 0.6) is 0 Å². The summed E-state index contributed by atoms with van der Waals surface area (Å²) in [5.41, 5.74) is 0.296. The SMILES string of the molecule is CCCCOC(=O)c1ccccc1N/C=C(/C#N)C(=O)NC(C)C(=O)O. The zero-order valence-corrected chi connectivity index (χ0v) is 14.6. The van der Waals surface area contributed by atoms with E-state index in [0.29, 0.717) is 12.3 Å². The molecule has 8 nitrogen and oxygen atoms in total. The molecule has 0 aliphatic rings. The molecule has 8 heteroatoms. The van der Waals surface area contributed by atoms with Crippen molar-refractivity contribution in [1.29, 1.82) is 5.26 Å². The Balaban J connectivity index is 2.88. The number of aliphatic carboxylic acids is 1. The zero-order chi connectivity index (χ0) is 19.5. The van der Waals surface area contributed by atoms with Crippen LogP contribution in [0.15, 0.2) is 36.0 Å². The van der Waals surface area contributed by atoms with Crippen LogP contribution in [0.1, 0.15) is 37.0 Å². The van der Waals surface area contributed by atoms with Gasteiger partial charge in [-0.1, -0.05) is 25.5 Å². The monoisotopic (exact) mass is 359 g/mol. The van der Waals surface area contributed by atoms with Gasteiger partial charge in [0.05, 0.1) is 17.9 Å². The smallest absolute Gasteiger partial charge is 0.340 e. The van der Waals surface area contributed by atoms with Gasteiger partial charge in [0.1, 0.15) is 17.7 Å². The van der Waals surface area contributed by atoms with Gasteiger partial charge in [-0.25, -0.2) is 4.79 Å². The van der Waals surface area contributed by atoms with Crippen molar-refractivity contribution in [3.8, 4) is 6.07 Å². The highest BCUT2D eigenvalue weighted by molar-refractivity contribution is 6.00. The summed E-state index contributed by atoms with van der Waals surface area (Å²) in [5.74, 6) is -2.57. The van der Waals surface area contributed by atoms with Crippen molar-refractivity contribution in [2.75, 3.05) is 11.9 Å². The van der Waals surface area contributed by atoms with Gasteiger partial charge in [-0.3, -0.25) is 9.59 Å². The highest BCUT2D eigenvalue weighted by atomic mass is 16.5. The van der Waals surface area contributed by atoms with E-state index in [-0.39, 0.29) is 11.1 Å². The Morgan fingerprint density at radius 2 is 2.04 bits per heavy atom. The fraction of sp³-hybridized carbons (Fsp3) is 0.333. The van der Waals surface area contributed by atoms with E-state index in [1.807, 2.05) is 6.92 Å². The van der Waals surface area contributed by atoms with E-state index in [1.165, 1.54) is 6.92 Å². The van der Waals surface area contributed by atoms with Crippen LogP contribution in [-0.2, 0) is 14.3 Å². The number of rotatable bonds is 9. The third-order valence-corrected chi connectivity index (χ3v) is 3.33. The number of carboxylic acids is 1. The van der Waals surface area contributed by atoms with E-state index in [0.717, 1.165) is 19.0 Å². The van der Waals surface area contributed by atoms with E-state index in [2.05, 4.69) is 10.6 Å². The second kappa shape index (κ2) is 10.5. The number of ether oxygens (including phenoxy) is 1. The van der Waals surface area contributed by atoms with Crippen molar-refractivity contribution in [2.24, 2.45) is 0 Å². The summed E-state index contributed by atoms with van der Waals surface area (Å²) >= 11 is 0. The third kappa shape index (κ3) is 6.28. The van der Waals surface area contributed by atoms with E-state index >= 15 is 0 Å². The molecular formula is C18H21N3O5. The number of esters is 1. The Morgan fingerprint density at radius 1 is 1.35 bits per heavy atom. The fourth-order valence-corrected chi connectivity index (χ4v) is 1.81. The summed E-state index contributed by atoms with van der Waals surface area (Å²) < 4.78 is 5.16. The maximum Gasteiger partial charge on any atom is 0.340 e. The summed E-state index contributed by atoms with van der Waals surface area (Å²) in [6, 6.07) is 7.04. The molecule has 0 spiro atoms. The predicted octanol–water partition coefficient (Wildman–Crippen LogP) is 2.05. The Hall–Kier alpha value is -3.34. The molecule has 1 aromatic rings. The molecular weight excluding hydrogens is 338 g/mol. The predicted molar refractivity (Wildman–Crippen MR) is 94.2 cm³/mol. The molecule has 0 bridgehead atoms. The van der Waals surface area contributed by atoms with Gasteiger partial charge in [-0.05, 0) is 25.5 Å². The minimum absolute atomic E-state index is 0.261. The highest BCUT2D eigenvalue weighted by Crippen LogP contribution is 2.17. The first-order valence-corrected chi connectivity index (χ1v) is 8.07. The second-order valence-corrected chi connectivity index (χ2v) is 5.38. The average Bonchev–Trinajstić information content (AvgIpc) is 2.62. The molecule has 0 aliphatic heterocycles. The number of anilines is 1. The standard InChI is InChI=1S/C18H21N3O5/c1-3-4-9-26-18(25)14-7-5-6-8-15(14)20-11-13(10-19)16(22)21-12(2)17(23)24/h5-8,11-12,20H,3-4,9H2,1-2H3,(H,21,22)(H,23,24)/b13-11-. The lowest BCUT2D eigenvalue weighted by Crippen LogP contribution is -2.39. The Bertz CT molecular complexity index is 737. The normalized spacial score (nSPS) is 11.8. The van der Waals surface area contributed by atoms with Gasteiger partial charge in [0.25, 0.3) is 5.91 Å². The van der Waals surface area contributed by atoms with Gasteiger partial charge in [0, 0.05) is 6.20 Å². The summed E-state index contributed by atoms with van der Waals surface area (Å²) in [6.07, 6.45) is 2.76. The van der Waals surface area contributed by atoms with Gasteiger partial charge < -0.3 is 20.5 Å². The number of hydrogen-bond acceptors (Lipinski definition) is 6. The van der Waals surface area contributed by atoms with Crippen LogP contribution in [0.25, 0.3) is 0 Å². The largest absolute Gasteiger partial charge is 0.480 e. The summed E-state index contributed by atoms with van der Waals surface area (Å²) in [4.78, 5) is 34.8. The lowest BCUT2D eigenvalue weighted by molar-refractivity contribution is -0.140. The molecule has 1 unspecified atom stereocenters. The van der Waals surface area contributed by atoms with Gasteiger partial charge in [-0.15, -0.1) is 0 Å². The van der Waals surface area contributed by atoms with Gasteiger partial charge >= 0.3 is 11.9 Å². The van der Waals surface area contributed by atoms with Gasteiger partial charge in [-0.2, -0.15) is 5.26 Å². The topological polar surface area (TPSA) is 129 Å². The molecule has 3 N–H and O–H groups in total. The zero-order valence-electron chi connectivity index (χ0n) is 14.6. The van der Waals surface area contributed by atoms with E-state index in [9.17, 15) is 14.4 Å². The fourth-order valence-electron chi connectivity index (χ4n) is 1.81. The number of hydrogen-bond donors (Lipinski definition) is 3. The number of para-hydroxylation sites is 1. The quantitative estimate of drug-likeness (QED) is 0.266.